The molecule has 0 N–H and O–H groups in total. The minimum Gasteiger partial charge on any atom is -0.322 e. The Hall–Kier alpha value is -0.770. The molecule has 92 valence electrons. The van der Waals surface area contributed by atoms with Gasteiger partial charge in [-0.1, -0.05) is 0 Å². The summed E-state index contributed by atoms with van der Waals surface area (Å²) < 4.78 is 0. The Morgan fingerprint density at radius 1 is 1.06 bits per heavy atom. The van der Waals surface area contributed by atoms with Crippen molar-refractivity contribution in [3.05, 3.63) is 0 Å². The van der Waals surface area contributed by atoms with E-state index in [1.54, 1.807) is 0 Å². The van der Waals surface area contributed by atoms with E-state index >= 15 is 0 Å². The Balaban J connectivity index is 1.90. The molecule has 1 atom stereocenters. The molecule has 0 saturated carbocycles. The SMILES string of the molecule is CC1CCCCN1C(=O)N1CCN(C)CC1. The van der Waals surface area contributed by atoms with E-state index in [9.17, 15) is 4.79 Å². The van der Waals surface area contributed by atoms with E-state index in [2.05, 4.69) is 23.8 Å². The summed E-state index contributed by atoms with van der Waals surface area (Å²) in [6.07, 6.45) is 3.61. The molecule has 0 spiro atoms. The van der Waals surface area contributed by atoms with Gasteiger partial charge in [-0.3, -0.25) is 0 Å². The summed E-state index contributed by atoms with van der Waals surface area (Å²) in [5.41, 5.74) is 0. The van der Waals surface area contributed by atoms with Crippen molar-refractivity contribution in [2.24, 2.45) is 0 Å². The molecule has 2 aliphatic rings. The predicted molar refractivity (Wildman–Crippen MR) is 64.5 cm³/mol. The molecule has 0 aromatic rings. The molecular formula is C12H23N3O. The molecule has 0 bridgehead atoms. The number of hydrogen-bond acceptors (Lipinski definition) is 2. The van der Waals surface area contributed by atoms with E-state index < -0.39 is 0 Å². The molecule has 2 amide bonds. The second-order valence-corrected chi connectivity index (χ2v) is 5.11. The van der Waals surface area contributed by atoms with Crippen LogP contribution in [0.1, 0.15) is 26.2 Å². The molecular weight excluding hydrogens is 202 g/mol. The van der Waals surface area contributed by atoms with Crippen molar-refractivity contribution in [3.8, 4) is 0 Å². The van der Waals surface area contributed by atoms with Gasteiger partial charge >= 0.3 is 6.03 Å². The Bertz CT molecular complexity index is 249. The van der Waals surface area contributed by atoms with Crippen LogP contribution in [0.3, 0.4) is 0 Å². The van der Waals surface area contributed by atoms with E-state index in [0.717, 1.165) is 32.7 Å². The van der Waals surface area contributed by atoms with Crippen LogP contribution in [0.25, 0.3) is 0 Å². The lowest BCUT2D eigenvalue weighted by Crippen LogP contribution is -2.54. The zero-order chi connectivity index (χ0) is 11.5. The Morgan fingerprint density at radius 2 is 1.75 bits per heavy atom. The van der Waals surface area contributed by atoms with E-state index in [4.69, 9.17) is 0 Å². The molecule has 16 heavy (non-hydrogen) atoms. The van der Waals surface area contributed by atoms with Gasteiger partial charge in [0.2, 0.25) is 0 Å². The van der Waals surface area contributed by atoms with Crippen molar-refractivity contribution in [1.29, 1.82) is 0 Å². The van der Waals surface area contributed by atoms with Gasteiger partial charge in [-0.25, -0.2) is 4.79 Å². The highest BCUT2D eigenvalue weighted by Crippen LogP contribution is 2.18. The fourth-order valence-corrected chi connectivity index (χ4v) is 2.56. The maximum Gasteiger partial charge on any atom is 0.320 e. The normalized spacial score (nSPS) is 28.2. The van der Waals surface area contributed by atoms with Crippen LogP contribution < -0.4 is 0 Å². The van der Waals surface area contributed by atoms with Gasteiger partial charge in [0.25, 0.3) is 0 Å². The van der Waals surface area contributed by atoms with Gasteiger partial charge in [0.15, 0.2) is 0 Å². The zero-order valence-corrected chi connectivity index (χ0v) is 10.5. The number of nitrogens with zero attached hydrogens (tertiary/aromatic N) is 3. The number of rotatable bonds is 0. The van der Waals surface area contributed by atoms with E-state index in [1.807, 2.05) is 4.90 Å². The van der Waals surface area contributed by atoms with Crippen molar-refractivity contribution in [2.45, 2.75) is 32.2 Å². The summed E-state index contributed by atoms with van der Waals surface area (Å²) in [5, 5.41) is 0. The minimum absolute atomic E-state index is 0.264. The standard InChI is InChI=1S/C12H23N3O/c1-11-5-3-4-6-15(11)12(16)14-9-7-13(2)8-10-14/h11H,3-10H2,1-2H3. The van der Waals surface area contributed by atoms with Crippen LogP contribution in [-0.4, -0.2) is 66.5 Å². The molecule has 2 heterocycles. The van der Waals surface area contributed by atoms with Gasteiger partial charge in [0.05, 0.1) is 0 Å². The zero-order valence-electron chi connectivity index (χ0n) is 10.5. The lowest BCUT2D eigenvalue weighted by Gasteiger charge is -2.40. The molecule has 1 unspecified atom stereocenters. The third kappa shape index (κ3) is 2.48. The van der Waals surface area contributed by atoms with Gasteiger partial charge in [0.1, 0.15) is 0 Å². The molecule has 4 nitrogen and oxygen atoms in total. The summed E-state index contributed by atoms with van der Waals surface area (Å²) in [6.45, 7) is 6.92. The van der Waals surface area contributed by atoms with Gasteiger partial charge < -0.3 is 14.7 Å². The molecule has 0 aliphatic carbocycles. The first-order valence-electron chi connectivity index (χ1n) is 6.42. The van der Waals surface area contributed by atoms with Crippen LogP contribution in [-0.2, 0) is 0 Å². The number of piperidine rings is 1. The van der Waals surface area contributed by atoms with Gasteiger partial charge in [-0.2, -0.15) is 0 Å². The highest BCUT2D eigenvalue weighted by Gasteiger charge is 2.28. The molecule has 2 rings (SSSR count). The molecule has 2 fully saturated rings. The van der Waals surface area contributed by atoms with E-state index in [-0.39, 0.29) is 6.03 Å². The number of hydrogen-bond donors (Lipinski definition) is 0. The van der Waals surface area contributed by atoms with Crippen molar-refractivity contribution in [2.75, 3.05) is 39.8 Å². The maximum atomic E-state index is 12.3. The predicted octanol–water partition coefficient (Wildman–Crippen LogP) is 1.23. The molecule has 2 aliphatic heterocycles. The lowest BCUT2D eigenvalue weighted by atomic mass is 10.0. The highest BCUT2D eigenvalue weighted by molar-refractivity contribution is 5.75. The Kier molecular flexibility index (Phi) is 3.69. The molecule has 2 saturated heterocycles. The van der Waals surface area contributed by atoms with Gasteiger partial charge in [-0.15, -0.1) is 0 Å². The van der Waals surface area contributed by atoms with E-state index in [0.29, 0.717) is 6.04 Å². The monoisotopic (exact) mass is 225 g/mol. The first kappa shape index (κ1) is 11.7. The first-order chi connectivity index (χ1) is 7.68. The Morgan fingerprint density at radius 3 is 2.38 bits per heavy atom. The van der Waals surface area contributed by atoms with E-state index in [1.165, 1.54) is 19.3 Å². The minimum atomic E-state index is 0.264. The first-order valence-corrected chi connectivity index (χ1v) is 6.42. The number of carbonyl (C=O) groups is 1. The summed E-state index contributed by atoms with van der Waals surface area (Å²) in [5.74, 6) is 0. The maximum absolute atomic E-state index is 12.3. The number of urea groups is 1. The second-order valence-electron chi connectivity index (χ2n) is 5.11. The van der Waals surface area contributed by atoms with Crippen LogP contribution in [0, 0.1) is 0 Å². The van der Waals surface area contributed by atoms with Gasteiger partial charge in [0, 0.05) is 38.8 Å². The highest BCUT2D eigenvalue weighted by atomic mass is 16.2. The largest absolute Gasteiger partial charge is 0.322 e. The van der Waals surface area contributed by atoms with Crippen LogP contribution in [0.4, 0.5) is 4.79 Å². The fourth-order valence-electron chi connectivity index (χ4n) is 2.56. The van der Waals surface area contributed by atoms with Crippen molar-refractivity contribution < 1.29 is 4.79 Å². The van der Waals surface area contributed by atoms with Crippen molar-refractivity contribution in [1.82, 2.24) is 14.7 Å². The fraction of sp³-hybridized carbons (Fsp3) is 0.917. The number of carbonyl (C=O) groups excluding carboxylic acids is 1. The number of piperazine rings is 1. The quantitative estimate of drug-likeness (QED) is 0.620. The number of likely N-dealkylation sites (tertiary alicyclic amines) is 1. The molecule has 4 heteroatoms. The van der Waals surface area contributed by atoms with Crippen LogP contribution in [0.15, 0.2) is 0 Å². The lowest BCUT2D eigenvalue weighted by molar-refractivity contribution is 0.0992. The molecule has 0 aromatic carbocycles. The van der Waals surface area contributed by atoms with Crippen molar-refractivity contribution in [3.63, 3.8) is 0 Å². The van der Waals surface area contributed by atoms with Gasteiger partial charge in [-0.05, 0) is 33.2 Å². The summed E-state index contributed by atoms with van der Waals surface area (Å²) in [7, 11) is 2.12. The number of amides is 2. The van der Waals surface area contributed by atoms with Crippen LogP contribution in [0.5, 0.6) is 0 Å². The second kappa shape index (κ2) is 5.04. The van der Waals surface area contributed by atoms with Crippen LogP contribution in [0.2, 0.25) is 0 Å². The number of likely N-dealkylation sites (N-methyl/N-ethyl adjacent to an activating group) is 1. The smallest absolute Gasteiger partial charge is 0.320 e. The summed E-state index contributed by atoms with van der Waals surface area (Å²) in [6, 6.07) is 0.696. The average Bonchev–Trinajstić information content (AvgIpc) is 2.30. The van der Waals surface area contributed by atoms with Crippen LogP contribution >= 0.6 is 0 Å². The molecule has 0 aromatic heterocycles. The third-order valence-electron chi connectivity index (χ3n) is 3.82. The topological polar surface area (TPSA) is 26.8 Å². The average molecular weight is 225 g/mol. The Labute approximate surface area is 98.2 Å². The summed E-state index contributed by atoms with van der Waals surface area (Å²) >= 11 is 0. The van der Waals surface area contributed by atoms with Crippen molar-refractivity contribution >= 4 is 6.03 Å². The third-order valence-corrected chi connectivity index (χ3v) is 3.82. The summed E-state index contributed by atoms with van der Waals surface area (Å²) in [4.78, 5) is 18.7. The molecule has 0 radical (unpaired) electrons.